The Morgan fingerprint density at radius 3 is 2.55 bits per heavy atom. The molecule has 1 aliphatic rings. The van der Waals surface area contributed by atoms with Crippen LogP contribution < -0.4 is 10.6 Å². The zero-order valence-corrected chi connectivity index (χ0v) is 11.4. The van der Waals surface area contributed by atoms with Crippen molar-refractivity contribution in [3.8, 4) is 0 Å². The molecule has 3 rings (SSSR count). The molecule has 20 heavy (non-hydrogen) atoms. The van der Waals surface area contributed by atoms with E-state index in [1.54, 1.807) is 6.20 Å². The summed E-state index contributed by atoms with van der Waals surface area (Å²) in [6, 6.07) is 9.82. The summed E-state index contributed by atoms with van der Waals surface area (Å²) in [6.07, 6.45) is 3.62. The summed E-state index contributed by atoms with van der Waals surface area (Å²) in [5, 5.41) is 0. The van der Waals surface area contributed by atoms with Crippen LogP contribution in [0.25, 0.3) is 0 Å². The Bertz CT molecular complexity index is 549. The smallest absolute Gasteiger partial charge is 0.128 e. The molecule has 0 aromatic carbocycles. The molecule has 0 aliphatic carbocycles. The molecule has 2 aromatic heterocycles. The molecule has 3 heterocycles. The van der Waals surface area contributed by atoms with Gasteiger partial charge in [0.1, 0.15) is 5.82 Å². The summed E-state index contributed by atoms with van der Waals surface area (Å²) < 4.78 is 0. The lowest BCUT2D eigenvalue weighted by atomic mass is 10.2. The summed E-state index contributed by atoms with van der Waals surface area (Å²) in [4.78, 5) is 13.5. The summed E-state index contributed by atoms with van der Waals surface area (Å²) in [6.45, 7) is 4.90. The molecule has 0 amide bonds. The van der Waals surface area contributed by atoms with Crippen molar-refractivity contribution in [2.45, 2.75) is 6.54 Å². The second-order valence-electron chi connectivity index (χ2n) is 5.03. The molecule has 0 spiro atoms. The molecular weight excluding hydrogens is 250 g/mol. The molecule has 5 nitrogen and oxygen atoms in total. The van der Waals surface area contributed by atoms with E-state index in [1.165, 1.54) is 0 Å². The van der Waals surface area contributed by atoms with E-state index in [-0.39, 0.29) is 0 Å². The monoisotopic (exact) mass is 269 g/mol. The Kier molecular flexibility index (Phi) is 3.78. The third-order valence-corrected chi connectivity index (χ3v) is 3.57. The van der Waals surface area contributed by atoms with Crippen LogP contribution in [-0.4, -0.2) is 41.0 Å². The summed E-state index contributed by atoms with van der Waals surface area (Å²) >= 11 is 0. The normalized spacial score (nSPS) is 16.3. The van der Waals surface area contributed by atoms with Gasteiger partial charge in [-0.15, -0.1) is 0 Å². The summed E-state index contributed by atoms with van der Waals surface area (Å²) in [5.41, 5.74) is 7.60. The first-order valence-corrected chi connectivity index (χ1v) is 6.90. The van der Waals surface area contributed by atoms with Crippen LogP contribution >= 0.6 is 0 Å². The maximum Gasteiger partial charge on any atom is 0.128 e. The number of nitrogens with two attached hydrogens (primary N) is 1. The van der Waals surface area contributed by atoms with E-state index in [2.05, 4.69) is 25.8 Å². The number of anilines is 2. The molecule has 0 saturated carbocycles. The van der Waals surface area contributed by atoms with Crippen LogP contribution in [0.2, 0.25) is 0 Å². The molecule has 2 N–H and O–H groups in total. The lowest BCUT2D eigenvalue weighted by Gasteiger charge is -2.35. The Hall–Kier alpha value is -2.14. The average molecular weight is 269 g/mol. The van der Waals surface area contributed by atoms with Gasteiger partial charge < -0.3 is 10.6 Å². The first-order chi connectivity index (χ1) is 9.81. The van der Waals surface area contributed by atoms with Crippen molar-refractivity contribution in [1.82, 2.24) is 14.9 Å². The van der Waals surface area contributed by atoms with Crippen LogP contribution in [0.4, 0.5) is 11.5 Å². The van der Waals surface area contributed by atoms with Crippen molar-refractivity contribution < 1.29 is 0 Å². The van der Waals surface area contributed by atoms with E-state index in [0.29, 0.717) is 0 Å². The van der Waals surface area contributed by atoms with E-state index >= 15 is 0 Å². The lowest BCUT2D eigenvalue weighted by Crippen LogP contribution is -2.46. The molecule has 1 saturated heterocycles. The van der Waals surface area contributed by atoms with Gasteiger partial charge in [-0.25, -0.2) is 4.98 Å². The Labute approximate surface area is 119 Å². The Morgan fingerprint density at radius 1 is 1.00 bits per heavy atom. The topological polar surface area (TPSA) is 58.3 Å². The molecule has 0 atom stereocenters. The molecule has 1 aliphatic heterocycles. The van der Waals surface area contributed by atoms with Gasteiger partial charge in [0.05, 0.1) is 5.69 Å². The fourth-order valence-corrected chi connectivity index (χ4v) is 2.49. The maximum absolute atomic E-state index is 5.79. The zero-order chi connectivity index (χ0) is 13.8. The second kappa shape index (κ2) is 5.88. The summed E-state index contributed by atoms with van der Waals surface area (Å²) in [7, 11) is 0. The number of rotatable bonds is 3. The molecule has 1 fully saturated rings. The highest BCUT2D eigenvalue weighted by molar-refractivity contribution is 5.39. The molecular formula is C15H19N5. The van der Waals surface area contributed by atoms with Gasteiger partial charge in [-0.05, 0) is 24.3 Å². The fraction of sp³-hybridized carbons (Fsp3) is 0.333. The minimum Gasteiger partial charge on any atom is -0.399 e. The molecule has 2 aromatic rings. The molecule has 0 bridgehead atoms. The SMILES string of the molecule is Nc1ccnc(CN2CCN(c3ccccn3)CC2)c1. The highest BCUT2D eigenvalue weighted by Gasteiger charge is 2.18. The molecule has 104 valence electrons. The lowest BCUT2D eigenvalue weighted by molar-refractivity contribution is 0.246. The van der Waals surface area contributed by atoms with Gasteiger partial charge >= 0.3 is 0 Å². The highest BCUT2D eigenvalue weighted by Crippen LogP contribution is 2.14. The summed E-state index contributed by atoms with van der Waals surface area (Å²) in [5.74, 6) is 1.06. The fourth-order valence-electron chi connectivity index (χ4n) is 2.49. The van der Waals surface area contributed by atoms with Gasteiger partial charge in [0.25, 0.3) is 0 Å². The largest absolute Gasteiger partial charge is 0.399 e. The molecule has 5 heteroatoms. The highest BCUT2D eigenvalue weighted by atomic mass is 15.3. The van der Waals surface area contributed by atoms with Crippen molar-refractivity contribution in [1.29, 1.82) is 0 Å². The molecule has 0 radical (unpaired) electrons. The van der Waals surface area contributed by atoms with Crippen molar-refractivity contribution >= 4 is 11.5 Å². The third-order valence-electron chi connectivity index (χ3n) is 3.57. The first-order valence-electron chi connectivity index (χ1n) is 6.90. The quantitative estimate of drug-likeness (QED) is 0.912. The predicted octanol–water partition coefficient (Wildman–Crippen LogP) is 1.38. The van der Waals surface area contributed by atoms with E-state index in [9.17, 15) is 0 Å². The minimum absolute atomic E-state index is 0.780. The molecule has 0 unspecified atom stereocenters. The number of hydrogen-bond donors (Lipinski definition) is 1. The van der Waals surface area contributed by atoms with Crippen LogP contribution in [0.1, 0.15) is 5.69 Å². The van der Waals surface area contributed by atoms with Crippen LogP contribution in [0.5, 0.6) is 0 Å². The van der Waals surface area contributed by atoms with Crippen molar-refractivity contribution in [2.24, 2.45) is 0 Å². The van der Waals surface area contributed by atoms with Crippen LogP contribution in [0.15, 0.2) is 42.7 Å². The van der Waals surface area contributed by atoms with E-state index in [1.807, 2.05) is 30.5 Å². The van der Waals surface area contributed by atoms with E-state index in [4.69, 9.17) is 5.73 Å². The van der Waals surface area contributed by atoms with Gasteiger partial charge in [-0.1, -0.05) is 6.07 Å². The van der Waals surface area contributed by atoms with Crippen LogP contribution in [-0.2, 0) is 6.54 Å². The Balaban J connectivity index is 1.56. The standard InChI is InChI=1S/C15H19N5/c16-13-4-6-17-14(11-13)12-19-7-9-20(10-8-19)15-3-1-2-5-18-15/h1-6,11H,7-10,12H2,(H2,16,17). The van der Waals surface area contributed by atoms with Gasteiger partial charge in [-0.2, -0.15) is 0 Å². The Morgan fingerprint density at radius 2 is 1.85 bits per heavy atom. The van der Waals surface area contributed by atoms with E-state index < -0.39 is 0 Å². The third kappa shape index (κ3) is 3.05. The second-order valence-corrected chi connectivity index (χ2v) is 5.03. The van der Waals surface area contributed by atoms with Crippen LogP contribution in [0.3, 0.4) is 0 Å². The van der Waals surface area contributed by atoms with Crippen molar-refractivity contribution in [3.63, 3.8) is 0 Å². The maximum atomic E-state index is 5.79. The van der Waals surface area contributed by atoms with Gasteiger partial charge in [0.15, 0.2) is 0 Å². The number of hydrogen-bond acceptors (Lipinski definition) is 5. The number of pyridine rings is 2. The number of nitrogens with zero attached hydrogens (tertiary/aromatic N) is 4. The first kappa shape index (κ1) is 12.9. The minimum atomic E-state index is 0.780. The number of piperazine rings is 1. The van der Waals surface area contributed by atoms with E-state index in [0.717, 1.165) is 49.9 Å². The predicted molar refractivity (Wildman–Crippen MR) is 80.4 cm³/mol. The van der Waals surface area contributed by atoms with Crippen molar-refractivity contribution in [2.75, 3.05) is 36.8 Å². The van der Waals surface area contributed by atoms with Crippen LogP contribution in [0, 0.1) is 0 Å². The number of nitrogen functional groups attached to an aromatic ring is 1. The average Bonchev–Trinajstić information content (AvgIpc) is 2.49. The van der Waals surface area contributed by atoms with Gasteiger partial charge in [-0.3, -0.25) is 9.88 Å². The van der Waals surface area contributed by atoms with Gasteiger partial charge in [0.2, 0.25) is 0 Å². The van der Waals surface area contributed by atoms with Crippen molar-refractivity contribution in [3.05, 3.63) is 48.4 Å². The zero-order valence-electron chi connectivity index (χ0n) is 11.4. The number of aromatic nitrogens is 2. The van der Waals surface area contributed by atoms with Gasteiger partial charge in [0, 0.05) is 50.8 Å².